The van der Waals surface area contributed by atoms with E-state index >= 15 is 0 Å². The van der Waals surface area contributed by atoms with Crippen LogP contribution in [-0.2, 0) is 11.2 Å². The second-order valence-electron chi connectivity index (χ2n) is 4.82. The first-order valence-electron chi connectivity index (χ1n) is 6.51. The SMILES string of the molecule is CCc1ccc(O)c(NC(=O)CC2CCNC2)c1.Cl. The Bertz CT molecular complexity index is 431. The summed E-state index contributed by atoms with van der Waals surface area (Å²) >= 11 is 0. The van der Waals surface area contributed by atoms with Gasteiger partial charge in [-0.25, -0.2) is 0 Å². The van der Waals surface area contributed by atoms with Gasteiger partial charge < -0.3 is 15.7 Å². The van der Waals surface area contributed by atoms with Crippen molar-refractivity contribution in [3.63, 3.8) is 0 Å². The van der Waals surface area contributed by atoms with E-state index in [9.17, 15) is 9.90 Å². The van der Waals surface area contributed by atoms with Crippen molar-refractivity contribution in [2.45, 2.75) is 26.2 Å². The normalized spacial score (nSPS) is 17.8. The summed E-state index contributed by atoms with van der Waals surface area (Å²) in [6.07, 6.45) is 2.45. The molecular formula is C14H21ClN2O2. The van der Waals surface area contributed by atoms with Gasteiger partial charge in [0, 0.05) is 6.42 Å². The monoisotopic (exact) mass is 284 g/mol. The molecule has 0 saturated carbocycles. The zero-order chi connectivity index (χ0) is 13.0. The van der Waals surface area contributed by atoms with E-state index in [0.717, 1.165) is 31.5 Å². The van der Waals surface area contributed by atoms with Crippen LogP contribution >= 0.6 is 12.4 Å². The largest absolute Gasteiger partial charge is 0.506 e. The lowest BCUT2D eigenvalue weighted by Gasteiger charge is -2.11. The zero-order valence-corrected chi connectivity index (χ0v) is 11.9. The van der Waals surface area contributed by atoms with Crippen LogP contribution < -0.4 is 10.6 Å². The van der Waals surface area contributed by atoms with Gasteiger partial charge in [-0.15, -0.1) is 12.4 Å². The first kappa shape index (κ1) is 15.8. The summed E-state index contributed by atoms with van der Waals surface area (Å²) in [6, 6.07) is 5.33. The van der Waals surface area contributed by atoms with Gasteiger partial charge in [0.05, 0.1) is 5.69 Å². The second-order valence-corrected chi connectivity index (χ2v) is 4.82. The van der Waals surface area contributed by atoms with Gasteiger partial charge in [0.15, 0.2) is 0 Å². The fourth-order valence-corrected chi connectivity index (χ4v) is 2.26. The van der Waals surface area contributed by atoms with E-state index in [1.165, 1.54) is 0 Å². The number of anilines is 1. The first-order valence-corrected chi connectivity index (χ1v) is 6.51. The van der Waals surface area contributed by atoms with E-state index in [0.29, 0.717) is 18.0 Å². The molecule has 5 heteroatoms. The predicted molar refractivity (Wildman–Crippen MR) is 79.0 cm³/mol. The molecule has 0 aromatic heterocycles. The van der Waals surface area contributed by atoms with E-state index in [4.69, 9.17) is 0 Å². The molecule has 1 fully saturated rings. The first-order chi connectivity index (χ1) is 8.69. The molecule has 1 aliphatic rings. The molecule has 1 unspecified atom stereocenters. The van der Waals surface area contributed by atoms with E-state index < -0.39 is 0 Å². The van der Waals surface area contributed by atoms with Crippen molar-refractivity contribution >= 4 is 24.0 Å². The molecule has 0 spiro atoms. The number of benzene rings is 1. The molecule has 1 saturated heterocycles. The Morgan fingerprint density at radius 3 is 2.95 bits per heavy atom. The Labute approximate surface area is 120 Å². The smallest absolute Gasteiger partial charge is 0.224 e. The molecule has 1 heterocycles. The van der Waals surface area contributed by atoms with Crippen molar-refractivity contribution < 1.29 is 9.90 Å². The molecule has 0 aliphatic carbocycles. The summed E-state index contributed by atoms with van der Waals surface area (Å²) < 4.78 is 0. The number of nitrogens with one attached hydrogen (secondary N) is 2. The molecule has 3 N–H and O–H groups in total. The van der Waals surface area contributed by atoms with Gasteiger partial charge in [-0.3, -0.25) is 4.79 Å². The van der Waals surface area contributed by atoms with Crippen LogP contribution in [-0.4, -0.2) is 24.1 Å². The Hall–Kier alpha value is -1.26. The molecule has 1 atom stereocenters. The summed E-state index contributed by atoms with van der Waals surface area (Å²) in [6.45, 7) is 3.95. The van der Waals surface area contributed by atoms with Gasteiger partial charge in [0.2, 0.25) is 5.91 Å². The zero-order valence-electron chi connectivity index (χ0n) is 11.1. The average Bonchev–Trinajstić information content (AvgIpc) is 2.84. The second kappa shape index (κ2) is 7.36. The number of phenols is 1. The molecular weight excluding hydrogens is 264 g/mol. The number of carbonyl (C=O) groups excluding carboxylic acids is 1. The maximum absolute atomic E-state index is 11.9. The number of hydrogen-bond acceptors (Lipinski definition) is 3. The molecule has 0 bridgehead atoms. The predicted octanol–water partition coefficient (Wildman–Crippen LogP) is 2.31. The lowest BCUT2D eigenvalue weighted by Crippen LogP contribution is -2.18. The average molecular weight is 285 g/mol. The molecule has 1 aromatic rings. The van der Waals surface area contributed by atoms with Crippen LogP contribution in [0.15, 0.2) is 18.2 Å². The number of phenolic OH excluding ortho intramolecular Hbond substituents is 1. The molecule has 1 amide bonds. The molecule has 19 heavy (non-hydrogen) atoms. The summed E-state index contributed by atoms with van der Waals surface area (Å²) in [5, 5.41) is 15.8. The number of rotatable bonds is 4. The highest BCUT2D eigenvalue weighted by Gasteiger charge is 2.18. The van der Waals surface area contributed by atoms with Crippen molar-refractivity contribution in [3.8, 4) is 5.75 Å². The van der Waals surface area contributed by atoms with Crippen LogP contribution in [0.1, 0.15) is 25.3 Å². The molecule has 0 radical (unpaired) electrons. The van der Waals surface area contributed by atoms with Gasteiger partial charge in [0.25, 0.3) is 0 Å². The molecule has 4 nitrogen and oxygen atoms in total. The van der Waals surface area contributed by atoms with Crippen LogP contribution in [0.4, 0.5) is 5.69 Å². The molecule has 1 aliphatic heterocycles. The minimum atomic E-state index is -0.0211. The maximum Gasteiger partial charge on any atom is 0.224 e. The number of carbonyl (C=O) groups is 1. The van der Waals surface area contributed by atoms with Crippen molar-refractivity contribution in [1.82, 2.24) is 5.32 Å². The van der Waals surface area contributed by atoms with Gasteiger partial charge in [0.1, 0.15) is 5.75 Å². The van der Waals surface area contributed by atoms with E-state index in [-0.39, 0.29) is 24.1 Å². The van der Waals surface area contributed by atoms with Crippen LogP contribution in [0, 0.1) is 5.92 Å². The molecule has 1 aromatic carbocycles. The number of hydrogen-bond donors (Lipinski definition) is 3. The quantitative estimate of drug-likeness (QED) is 0.744. The van der Waals surface area contributed by atoms with Crippen molar-refractivity contribution in [2.24, 2.45) is 5.92 Å². The highest BCUT2D eigenvalue weighted by atomic mass is 35.5. The third-order valence-electron chi connectivity index (χ3n) is 3.38. The van der Waals surface area contributed by atoms with E-state index in [2.05, 4.69) is 10.6 Å². The van der Waals surface area contributed by atoms with Crippen LogP contribution in [0.5, 0.6) is 5.75 Å². The van der Waals surface area contributed by atoms with Crippen LogP contribution in [0.25, 0.3) is 0 Å². The molecule has 2 rings (SSSR count). The van der Waals surface area contributed by atoms with Crippen LogP contribution in [0.2, 0.25) is 0 Å². The fourth-order valence-electron chi connectivity index (χ4n) is 2.26. The third kappa shape index (κ3) is 4.40. The van der Waals surface area contributed by atoms with Gasteiger partial charge >= 0.3 is 0 Å². The Kier molecular flexibility index (Phi) is 6.12. The van der Waals surface area contributed by atoms with Crippen LogP contribution in [0.3, 0.4) is 0 Å². The van der Waals surface area contributed by atoms with E-state index in [1.807, 2.05) is 19.1 Å². The Balaban J connectivity index is 0.00000180. The lowest BCUT2D eigenvalue weighted by molar-refractivity contribution is -0.117. The highest BCUT2D eigenvalue weighted by Crippen LogP contribution is 2.25. The highest BCUT2D eigenvalue weighted by molar-refractivity contribution is 5.92. The minimum Gasteiger partial charge on any atom is -0.506 e. The maximum atomic E-state index is 11.9. The standard InChI is InChI=1S/C14H20N2O2.ClH/c1-2-10-3-4-13(17)12(7-10)16-14(18)8-11-5-6-15-9-11;/h3-4,7,11,15,17H,2,5-6,8-9H2,1H3,(H,16,18);1H. The fraction of sp³-hybridized carbons (Fsp3) is 0.500. The van der Waals surface area contributed by atoms with Gasteiger partial charge in [-0.2, -0.15) is 0 Å². The van der Waals surface area contributed by atoms with Gasteiger partial charge in [-0.1, -0.05) is 13.0 Å². The van der Waals surface area contributed by atoms with Crippen molar-refractivity contribution in [3.05, 3.63) is 23.8 Å². The minimum absolute atomic E-state index is 0. The number of amides is 1. The van der Waals surface area contributed by atoms with E-state index in [1.54, 1.807) is 6.07 Å². The third-order valence-corrected chi connectivity index (χ3v) is 3.38. The summed E-state index contributed by atoms with van der Waals surface area (Å²) in [5.41, 5.74) is 1.62. The number of aryl methyl sites for hydroxylation is 1. The lowest BCUT2D eigenvalue weighted by atomic mass is 10.0. The summed E-state index contributed by atoms with van der Waals surface area (Å²) in [7, 11) is 0. The van der Waals surface area contributed by atoms with Crippen molar-refractivity contribution in [2.75, 3.05) is 18.4 Å². The van der Waals surface area contributed by atoms with Gasteiger partial charge in [-0.05, 0) is 49.5 Å². The van der Waals surface area contributed by atoms with Crippen molar-refractivity contribution in [1.29, 1.82) is 0 Å². The topological polar surface area (TPSA) is 61.4 Å². The summed E-state index contributed by atoms with van der Waals surface area (Å²) in [4.78, 5) is 11.9. The number of halogens is 1. The Morgan fingerprint density at radius 2 is 2.32 bits per heavy atom. The molecule has 106 valence electrons. The summed E-state index contributed by atoms with van der Waals surface area (Å²) in [5.74, 6) is 0.527. The Morgan fingerprint density at radius 1 is 1.53 bits per heavy atom. The number of aromatic hydroxyl groups is 1.